The molecular weight excluding hydrogens is 327 g/mol. The molecule has 25 heavy (non-hydrogen) atoms. The van der Waals surface area contributed by atoms with E-state index in [2.05, 4.69) is 20.8 Å². The number of aliphatic hydroxyl groups excluding tert-OH is 1. The van der Waals surface area contributed by atoms with Crippen molar-refractivity contribution in [2.75, 3.05) is 6.54 Å². The fourth-order valence-electron chi connectivity index (χ4n) is 4.61. The standard InChI is InChI=1S/C20H28F3NO/c1-19(2,3)18-8-9-20(22,23)12-24(18)16-10-14(11-17(16)25)13-4-6-15(21)7-5-13/h4-7,14,16-18,25H,8-12H2,1-3H3. The average Bonchev–Trinajstić information content (AvgIpc) is 2.87. The van der Waals surface area contributed by atoms with Crippen molar-refractivity contribution in [2.45, 2.75) is 76.5 Å². The van der Waals surface area contributed by atoms with Crippen molar-refractivity contribution in [3.63, 3.8) is 0 Å². The Morgan fingerprint density at radius 3 is 2.36 bits per heavy atom. The summed E-state index contributed by atoms with van der Waals surface area (Å²) in [5.74, 6) is -2.91. The molecule has 0 spiro atoms. The summed E-state index contributed by atoms with van der Waals surface area (Å²) < 4.78 is 41.3. The van der Waals surface area contributed by atoms with E-state index in [0.717, 1.165) is 5.56 Å². The van der Waals surface area contributed by atoms with E-state index in [1.54, 1.807) is 12.1 Å². The Balaban J connectivity index is 1.81. The third-order valence-electron chi connectivity index (χ3n) is 5.86. The number of likely N-dealkylation sites (tertiary alicyclic amines) is 1. The van der Waals surface area contributed by atoms with Crippen molar-refractivity contribution in [3.05, 3.63) is 35.6 Å². The number of hydrogen-bond donors (Lipinski definition) is 1. The van der Waals surface area contributed by atoms with Crippen molar-refractivity contribution in [3.8, 4) is 0 Å². The molecule has 1 heterocycles. The van der Waals surface area contributed by atoms with Crippen LogP contribution >= 0.6 is 0 Å². The molecule has 5 heteroatoms. The summed E-state index contributed by atoms with van der Waals surface area (Å²) in [4.78, 5) is 1.86. The Kier molecular flexibility index (Phi) is 4.93. The summed E-state index contributed by atoms with van der Waals surface area (Å²) in [6.07, 6.45) is 0.898. The highest BCUT2D eigenvalue weighted by Gasteiger charge is 2.49. The highest BCUT2D eigenvalue weighted by Crippen LogP contribution is 2.44. The van der Waals surface area contributed by atoms with Crippen LogP contribution in [0.3, 0.4) is 0 Å². The molecule has 0 radical (unpaired) electrons. The predicted octanol–water partition coefficient (Wildman–Crippen LogP) is 4.58. The van der Waals surface area contributed by atoms with E-state index < -0.39 is 12.0 Å². The molecule has 3 rings (SSSR count). The lowest BCUT2D eigenvalue weighted by atomic mass is 9.79. The highest BCUT2D eigenvalue weighted by atomic mass is 19.3. The summed E-state index contributed by atoms with van der Waals surface area (Å²) in [6, 6.07) is 6.07. The first-order valence-electron chi connectivity index (χ1n) is 9.14. The molecule has 1 aliphatic heterocycles. The maximum Gasteiger partial charge on any atom is 0.260 e. The SMILES string of the molecule is CC(C)(C)C1CCC(F)(F)CN1C1CC(c2ccc(F)cc2)CC1O. The molecule has 2 aliphatic rings. The number of benzene rings is 1. The van der Waals surface area contributed by atoms with Crippen LogP contribution in [0.25, 0.3) is 0 Å². The lowest BCUT2D eigenvalue weighted by Crippen LogP contribution is -2.59. The number of aliphatic hydroxyl groups is 1. The normalized spacial score (nSPS) is 33.6. The third kappa shape index (κ3) is 4.03. The van der Waals surface area contributed by atoms with Crippen LogP contribution in [0.15, 0.2) is 24.3 Å². The monoisotopic (exact) mass is 355 g/mol. The molecule has 1 aromatic carbocycles. The Morgan fingerprint density at radius 1 is 1.12 bits per heavy atom. The van der Waals surface area contributed by atoms with E-state index >= 15 is 0 Å². The zero-order valence-corrected chi connectivity index (χ0v) is 15.2. The van der Waals surface area contributed by atoms with Crippen molar-refractivity contribution < 1.29 is 18.3 Å². The maximum absolute atomic E-state index is 14.1. The lowest BCUT2D eigenvalue weighted by molar-refractivity contribution is -0.124. The van der Waals surface area contributed by atoms with Gasteiger partial charge in [0.25, 0.3) is 5.92 Å². The first kappa shape index (κ1) is 18.7. The molecule has 4 unspecified atom stereocenters. The van der Waals surface area contributed by atoms with E-state index in [1.807, 2.05) is 4.90 Å². The van der Waals surface area contributed by atoms with Gasteiger partial charge in [-0.1, -0.05) is 32.9 Å². The molecule has 2 fully saturated rings. The van der Waals surface area contributed by atoms with Crippen LogP contribution in [0.2, 0.25) is 0 Å². The van der Waals surface area contributed by atoms with Crippen LogP contribution in [-0.2, 0) is 0 Å². The Morgan fingerprint density at radius 2 is 1.76 bits per heavy atom. The van der Waals surface area contributed by atoms with Gasteiger partial charge in [0.2, 0.25) is 0 Å². The van der Waals surface area contributed by atoms with Gasteiger partial charge in [-0.05, 0) is 48.3 Å². The summed E-state index contributed by atoms with van der Waals surface area (Å²) in [5.41, 5.74) is 0.850. The van der Waals surface area contributed by atoms with Crippen molar-refractivity contribution in [1.82, 2.24) is 4.90 Å². The van der Waals surface area contributed by atoms with Gasteiger partial charge in [-0.15, -0.1) is 0 Å². The molecule has 1 saturated carbocycles. The fraction of sp³-hybridized carbons (Fsp3) is 0.700. The van der Waals surface area contributed by atoms with E-state index in [1.165, 1.54) is 12.1 Å². The quantitative estimate of drug-likeness (QED) is 0.839. The van der Waals surface area contributed by atoms with Gasteiger partial charge >= 0.3 is 0 Å². The Labute approximate surface area is 148 Å². The summed E-state index contributed by atoms with van der Waals surface area (Å²) in [7, 11) is 0. The molecule has 1 aliphatic carbocycles. The average molecular weight is 355 g/mol. The van der Waals surface area contributed by atoms with Gasteiger partial charge in [0.05, 0.1) is 12.6 Å². The van der Waals surface area contributed by atoms with Crippen molar-refractivity contribution in [2.24, 2.45) is 5.41 Å². The van der Waals surface area contributed by atoms with Crippen LogP contribution in [0.4, 0.5) is 13.2 Å². The first-order valence-corrected chi connectivity index (χ1v) is 9.14. The number of nitrogens with zero attached hydrogens (tertiary/aromatic N) is 1. The van der Waals surface area contributed by atoms with Crippen LogP contribution in [0.5, 0.6) is 0 Å². The molecule has 0 aromatic heterocycles. The molecule has 4 atom stereocenters. The largest absolute Gasteiger partial charge is 0.391 e. The van der Waals surface area contributed by atoms with Gasteiger partial charge in [0, 0.05) is 18.5 Å². The minimum absolute atomic E-state index is 0.0266. The van der Waals surface area contributed by atoms with Crippen LogP contribution < -0.4 is 0 Å². The maximum atomic E-state index is 14.1. The van der Waals surface area contributed by atoms with Gasteiger partial charge in [0.15, 0.2) is 0 Å². The van der Waals surface area contributed by atoms with Gasteiger partial charge in [0.1, 0.15) is 5.82 Å². The summed E-state index contributed by atoms with van der Waals surface area (Å²) >= 11 is 0. The van der Waals surface area contributed by atoms with E-state index in [-0.39, 0.29) is 42.2 Å². The summed E-state index contributed by atoms with van der Waals surface area (Å²) in [6.45, 7) is 5.94. The summed E-state index contributed by atoms with van der Waals surface area (Å²) in [5, 5.41) is 10.6. The number of halogens is 3. The first-order chi connectivity index (χ1) is 11.6. The van der Waals surface area contributed by atoms with Crippen molar-refractivity contribution >= 4 is 0 Å². The van der Waals surface area contributed by atoms with Gasteiger partial charge in [-0.25, -0.2) is 13.2 Å². The van der Waals surface area contributed by atoms with E-state index in [9.17, 15) is 18.3 Å². The smallest absolute Gasteiger partial charge is 0.260 e. The van der Waals surface area contributed by atoms with Gasteiger partial charge in [-0.2, -0.15) is 0 Å². The molecule has 1 N–H and O–H groups in total. The number of alkyl halides is 2. The highest BCUT2D eigenvalue weighted by molar-refractivity contribution is 5.23. The van der Waals surface area contributed by atoms with Crippen LogP contribution in [-0.4, -0.2) is 40.7 Å². The molecular formula is C20H28F3NO. The minimum Gasteiger partial charge on any atom is -0.391 e. The topological polar surface area (TPSA) is 23.5 Å². The number of rotatable bonds is 2. The van der Waals surface area contributed by atoms with E-state index in [4.69, 9.17) is 0 Å². The zero-order valence-electron chi connectivity index (χ0n) is 15.2. The van der Waals surface area contributed by atoms with Crippen LogP contribution in [0.1, 0.15) is 57.9 Å². The molecule has 1 aromatic rings. The second-order valence-corrected chi connectivity index (χ2v) is 8.80. The van der Waals surface area contributed by atoms with Gasteiger partial charge < -0.3 is 5.11 Å². The molecule has 1 saturated heterocycles. The van der Waals surface area contributed by atoms with Gasteiger partial charge in [-0.3, -0.25) is 4.90 Å². The van der Waals surface area contributed by atoms with Crippen LogP contribution in [0, 0.1) is 11.2 Å². The predicted molar refractivity (Wildman–Crippen MR) is 92.3 cm³/mol. The Hall–Kier alpha value is -1.07. The number of piperidine rings is 1. The fourth-order valence-corrected chi connectivity index (χ4v) is 4.61. The minimum atomic E-state index is -2.70. The second-order valence-electron chi connectivity index (χ2n) is 8.80. The Bertz CT molecular complexity index is 596. The third-order valence-corrected chi connectivity index (χ3v) is 5.86. The molecule has 0 bridgehead atoms. The van der Waals surface area contributed by atoms with E-state index in [0.29, 0.717) is 19.3 Å². The molecule has 0 amide bonds. The molecule has 140 valence electrons. The second kappa shape index (κ2) is 6.58. The lowest BCUT2D eigenvalue weighted by Gasteiger charge is -2.49. The van der Waals surface area contributed by atoms with Crippen molar-refractivity contribution in [1.29, 1.82) is 0 Å². The zero-order chi connectivity index (χ0) is 18.4. The number of hydrogen-bond acceptors (Lipinski definition) is 2. The molecule has 2 nitrogen and oxygen atoms in total.